The summed E-state index contributed by atoms with van der Waals surface area (Å²) in [5.41, 5.74) is 0.816. The zero-order valence-electron chi connectivity index (χ0n) is 19.4. The molecule has 0 bridgehead atoms. The molecule has 1 amide bonds. The summed E-state index contributed by atoms with van der Waals surface area (Å²) in [7, 11) is 0. The number of fused-ring (bicyclic) bond motifs is 1. The number of nitrogens with zero attached hydrogens (tertiary/aromatic N) is 2. The van der Waals surface area contributed by atoms with Crippen LogP contribution in [0.1, 0.15) is 35.7 Å². The second-order valence-corrected chi connectivity index (χ2v) is 8.52. The highest BCUT2D eigenvalue weighted by molar-refractivity contribution is 6.09. The van der Waals surface area contributed by atoms with Gasteiger partial charge in [-0.25, -0.2) is 4.98 Å². The molecule has 0 aliphatic heterocycles. The molecule has 1 aliphatic carbocycles. The topological polar surface area (TPSA) is 76.1 Å². The highest BCUT2D eigenvalue weighted by Crippen LogP contribution is 2.41. The molecule has 0 spiro atoms. The molecule has 2 aromatic heterocycles. The molecule has 0 unspecified atom stereocenters. The molecule has 0 atom stereocenters. The van der Waals surface area contributed by atoms with Crippen LogP contribution in [0.5, 0.6) is 5.88 Å². The minimum absolute atomic E-state index is 0.0665. The van der Waals surface area contributed by atoms with Crippen molar-refractivity contribution in [2.45, 2.75) is 32.0 Å². The quantitative estimate of drug-likeness (QED) is 0.314. The molecule has 0 radical (unpaired) electrons. The number of carbonyl (C=O) groups excluding carboxylic acids is 1. The molecule has 36 heavy (non-hydrogen) atoms. The van der Waals surface area contributed by atoms with Crippen LogP contribution in [0.3, 0.4) is 0 Å². The molecule has 2 N–H and O–H groups in total. The van der Waals surface area contributed by atoms with Gasteiger partial charge in [-0.15, -0.1) is 0 Å². The van der Waals surface area contributed by atoms with E-state index in [1.165, 1.54) is 30.6 Å². The molecule has 4 aromatic rings. The third kappa shape index (κ3) is 4.95. The number of rotatable bonds is 7. The lowest BCUT2D eigenvalue weighted by molar-refractivity contribution is -0.137. The van der Waals surface area contributed by atoms with E-state index in [-0.39, 0.29) is 34.2 Å². The smallest absolute Gasteiger partial charge is 0.417 e. The Kier molecular flexibility index (Phi) is 6.22. The first-order valence-corrected chi connectivity index (χ1v) is 11.6. The molecule has 5 rings (SSSR count). The molecular weight excluding hydrogens is 469 g/mol. The molecule has 184 valence electrons. The molecule has 6 nitrogen and oxygen atoms in total. The van der Waals surface area contributed by atoms with E-state index < -0.39 is 11.7 Å². The van der Waals surface area contributed by atoms with Crippen molar-refractivity contribution in [3.8, 4) is 17.0 Å². The third-order valence-corrected chi connectivity index (χ3v) is 5.85. The molecular formula is C27H23F3N4O2. The normalized spacial score (nSPS) is 13.4. The van der Waals surface area contributed by atoms with Gasteiger partial charge in [-0.3, -0.25) is 9.78 Å². The first kappa shape index (κ1) is 23.6. The number of alkyl halides is 3. The number of aromatic nitrogens is 2. The first-order chi connectivity index (χ1) is 17.3. The number of nitrogens with one attached hydrogen (secondary N) is 2. The van der Waals surface area contributed by atoms with E-state index in [1.807, 2.05) is 30.3 Å². The summed E-state index contributed by atoms with van der Waals surface area (Å²) in [6, 6.07) is 14.7. The maximum absolute atomic E-state index is 14.1. The SMILES string of the molecule is CCOc1ccc(-c2cc3c(Nc4ccccc4)c(C(=O)NC4CC4)cnc3cc2C(F)(F)F)cn1. The number of pyridine rings is 2. The van der Waals surface area contributed by atoms with Gasteiger partial charge in [-0.2, -0.15) is 13.2 Å². The van der Waals surface area contributed by atoms with Gasteiger partial charge in [0.25, 0.3) is 5.91 Å². The summed E-state index contributed by atoms with van der Waals surface area (Å²) >= 11 is 0. The number of carbonyl (C=O) groups is 1. The summed E-state index contributed by atoms with van der Waals surface area (Å²) in [5.74, 6) is -0.00255. The van der Waals surface area contributed by atoms with Gasteiger partial charge in [0.15, 0.2) is 0 Å². The molecule has 2 aromatic carbocycles. The summed E-state index contributed by atoms with van der Waals surface area (Å²) < 4.78 is 47.7. The van der Waals surface area contributed by atoms with Crippen LogP contribution in [0.4, 0.5) is 24.5 Å². The Hall–Kier alpha value is -4.14. The van der Waals surface area contributed by atoms with Crippen molar-refractivity contribution in [2.24, 2.45) is 0 Å². The molecule has 9 heteroatoms. The van der Waals surface area contributed by atoms with Crippen molar-refractivity contribution in [2.75, 3.05) is 11.9 Å². The van der Waals surface area contributed by atoms with Gasteiger partial charge < -0.3 is 15.4 Å². The average molecular weight is 493 g/mol. The van der Waals surface area contributed by atoms with E-state index in [1.54, 1.807) is 6.92 Å². The van der Waals surface area contributed by atoms with E-state index in [2.05, 4.69) is 20.6 Å². The lowest BCUT2D eigenvalue weighted by Crippen LogP contribution is -2.26. The maximum Gasteiger partial charge on any atom is 0.417 e. The van der Waals surface area contributed by atoms with Gasteiger partial charge in [0, 0.05) is 41.1 Å². The van der Waals surface area contributed by atoms with Gasteiger partial charge in [-0.1, -0.05) is 18.2 Å². The van der Waals surface area contributed by atoms with Crippen molar-refractivity contribution in [3.63, 3.8) is 0 Å². The lowest BCUT2D eigenvalue weighted by Gasteiger charge is -2.18. The van der Waals surface area contributed by atoms with Crippen LogP contribution in [0.15, 0.2) is 67.0 Å². The monoisotopic (exact) mass is 492 g/mol. The Labute approximate surface area is 205 Å². The Balaban J connectivity index is 1.71. The first-order valence-electron chi connectivity index (χ1n) is 11.6. The standard InChI is InChI=1S/C27H23F3N4O2/c1-2-36-24-11-8-16(14-32-24)19-12-20-23(13-22(19)27(28,29)30)31-15-21(26(35)34-18-9-10-18)25(20)33-17-6-4-3-5-7-17/h3-8,11-15,18H,2,9-10H2,1H3,(H,31,33)(H,34,35). The van der Waals surface area contributed by atoms with E-state index in [0.29, 0.717) is 29.2 Å². The average Bonchev–Trinajstić information content (AvgIpc) is 3.68. The fourth-order valence-electron chi connectivity index (χ4n) is 3.95. The Bertz CT molecular complexity index is 1400. The van der Waals surface area contributed by atoms with Crippen molar-refractivity contribution in [1.29, 1.82) is 0 Å². The second kappa shape index (κ2) is 9.49. The number of halogens is 3. The van der Waals surface area contributed by atoms with Crippen LogP contribution >= 0.6 is 0 Å². The number of para-hydroxylation sites is 1. The summed E-state index contributed by atoms with van der Waals surface area (Å²) in [4.78, 5) is 21.4. The van der Waals surface area contributed by atoms with Crippen molar-refractivity contribution in [1.82, 2.24) is 15.3 Å². The van der Waals surface area contributed by atoms with E-state index in [0.717, 1.165) is 18.9 Å². The Morgan fingerprint density at radius 3 is 2.47 bits per heavy atom. The lowest BCUT2D eigenvalue weighted by atomic mass is 9.96. The van der Waals surface area contributed by atoms with Crippen LogP contribution in [-0.4, -0.2) is 28.5 Å². The van der Waals surface area contributed by atoms with Crippen LogP contribution in [0.25, 0.3) is 22.0 Å². The van der Waals surface area contributed by atoms with E-state index in [4.69, 9.17) is 4.74 Å². The Morgan fingerprint density at radius 1 is 1.06 bits per heavy atom. The number of hydrogen-bond acceptors (Lipinski definition) is 5. The minimum Gasteiger partial charge on any atom is -0.478 e. The maximum atomic E-state index is 14.1. The van der Waals surface area contributed by atoms with Gasteiger partial charge in [-0.05, 0) is 55.7 Å². The van der Waals surface area contributed by atoms with Gasteiger partial charge in [0.05, 0.1) is 28.9 Å². The fourth-order valence-corrected chi connectivity index (χ4v) is 3.95. The molecule has 1 aliphatic rings. The number of hydrogen-bond donors (Lipinski definition) is 2. The fraction of sp³-hybridized carbons (Fsp3) is 0.222. The van der Waals surface area contributed by atoms with Crippen molar-refractivity contribution >= 4 is 28.2 Å². The molecule has 0 saturated heterocycles. The number of ether oxygens (including phenoxy) is 1. The van der Waals surface area contributed by atoms with Crippen molar-refractivity contribution < 1.29 is 22.7 Å². The summed E-state index contributed by atoms with van der Waals surface area (Å²) in [6.07, 6.45) is -0.152. The predicted molar refractivity (Wildman–Crippen MR) is 131 cm³/mol. The largest absolute Gasteiger partial charge is 0.478 e. The highest BCUT2D eigenvalue weighted by atomic mass is 19.4. The third-order valence-electron chi connectivity index (χ3n) is 5.85. The zero-order valence-corrected chi connectivity index (χ0v) is 19.4. The summed E-state index contributed by atoms with van der Waals surface area (Å²) in [6.45, 7) is 2.19. The van der Waals surface area contributed by atoms with Gasteiger partial charge in [0.2, 0.25) is 5.88 Å². The van der Waals surface area contributed by atoms with Crippen LogP contribution in [0.2, 0.25) is 0 Å². The summed E-state index contributed by atoms with van der Waals surface area (Å²) in [5, 5.41) is 6.56. The van der Waals surface area contributed by atoms with Crippen LogP contribution in [-0.2, 0) is 6.18 Å². The van der Waals surface area contributed by atoms with Crippen LogP contribution in [0, 0.1) is 0 Å². The number of benzene rings is 2. The van der Waals surface area contributed by atoms with E-state index >= 15 is 0 Å². The van der Waals surface area contributed by atoms with Gasteiger partial charge in [0.1, 0.15) is 0 Å². The second-order valence-electron chi connectivity index (χ2n) is 8.52. The predicted octanol–water partition coefficient (Wildman–Crippen LogP) is 6.35. The van der Waals surface area contributed by atoms with Crippen LogP contribution < -0.4 is 15.4 Å². The molecule has 1 saturated carbocycles. The Morgan fingerprint density at radius 2 is 1.83 bits per heavy atom. The van der Waals surface area contributed by atoms with Gasteiger partial charge >= 0.3 is 6.18 Å². The molecule has 1 fully saturated rings. The van der Waals surface area contributed by atoms with Crippen molar-refractivity contribution in [3.05, 3.63) is 78.1 Å². The van der Waals surface area contributed by atoms with E-state index in [9.17, 15) is 18.0 Å². The zero-order chi connectivity index (χ0) is 25.3. The molecule has 2 heterocycles. The minimum atomic E-state index is -4.63. The highest BCUT2D eigenvalue weighted by Gasteiger charge is 2.35. The number of anilines is 2. The number of amides is 1.